The first-order chi connectivity index (χ1) is 12.9. The highest BCUT2D eigenvalue weighted by Gasteiger charge is 2.27. The molecule has 2 aromatic carbocycles. The number of amides is 1. The van der Waals surface area contributed by atoms with E-state index >= 15 is 0 Å². The highest BCUT2D eigenvalue weighted by molar-refractivity contribution is 5.73. The van der Waals surface area contributed by atoms with Crippen molar-refractivity contribution in [2.45, 2.75) is 45.8 Å². The molecule has 144 valence electrons. The van der Waals surface area contributed by atoms with Crippen LogP contribution in [-0.2, 0) is 17.8 Å². The summed E-state index contributed by atoms with van der Waals surface area (Å²) in [5.41, 5.74) is 4.10. The number of methoxy groups -OCH3 is 1. The van der Waals surface area contributed by atoms with Crippen LogP contribution in [0.3, 0.4) is 0 Å². The Balaban J connectivity index is 1.72. The first-order valence-corrected chi connectivity index (χ1v) is 9.36. The largest absolute Gasteiger partial charge is 0.494 e. The van der Waals surface area contributed by atoms with Crippen LogP contribution in [0.2, 0.25) is 0 Å². The van der Waals surface area contributed by atoms with E-state index in [-0.39, 0.29) is 23.8 Å². The van der Waals surface area contributed by atoms with Crippen LogP contribution in [0, 0.1) is 5.82 Å². The molecule has 1 unspecified atom stereocenters. The predicted molar refractivity (Wildman–Crippen MR) is 104 cm³/mol. The molecule has 1 amide bonds. The number of nitrogens with one attached hydrogen (secondary N) is 1. The smallest absolute Gasteiger partial charge is 0.217 e. The van der Waals surface area contributed by atoms with Gasteiger partial charge in [-0.05, 0) is 48.6 Å². The van der Waals surface area contributed by atoms with Crippen LogP contribution in [-0.4, -0.2) is 24.5 Å². The van der Waals surface area contributed by atoms with Gasteiger partial charge < -0.3 is 10.1 Å². The maximum Gasteiger partial charge on any atom is 0.217 e. The molecule has 0 aromatic heterocycles. The number of rotatable bonds is 5. The minimum absolute atomic E-state index is 0.00436. The Morgan fingerprint density at radius 3 is 2.63 bits per heavy atom. The van der Waals surface area contributed by atoms with Crippen LogP contribution < -0.4 is 10.1 Å². The van der Waals surface area contributed by atoms with Gasteiger partial charge >= 0.3 is 0 Å². The molecular formula is C22H27FN2O2. The van der Waals surface area contributed by atoms with E-state index in [1.54, 1.807) is 6.07 Å². The molecule has 0 saturated heterocycles. The number of nitrogens with zero attached hydrogens (tertiary/aromatic N) is 1. The normalized spacial score (nSPS) is 17.9. The topological polar surface area (TPSA) is 41.6 Å². The Morgan fingerprint density at radius 2 is 2.00 bits per heavy atom. The van der Waals surface area contributed by atoms with Crippen molar-refractivity contribution in [3.05, 3.63) is 64.5 Å². The van der Waals surface area contributed by atoms with Crippen LogP contribution in [0.5, 0.6) is 5.75 Å². The zero-order chi connectivity index (χ0) is 19.6. The van der Waals surface area contributed by atoms with Crippen LogP contribution in [0.15, 0.2) is 36.4 Å². The first kappa shape index (κ1) is 19.4. The molecule has 5 heteroatoms. The van der Waals surface area contributed by atoms with Gasteiger partial charge in [0.25, 0.3) is 0 Å². The van der Waals surface area contributed by atoms with Gasteiger partial charge in [0.2, 0.25) is 5.91 Å². The molecule has 0 spiro atoms. The number of carbonyl (C=O) groups is 1. The fourth-order valence-corrected chi connectivity index (χ4v) is 3.81. The third-order valence-electron chi connectivity index (χ3n) is 5.40. The van der Waals surface area contributed by atoms with E-state index in [0.29, 0.717) is 12.2 Å². The summed E-state index contributed by atoms with van der Waals surface area (Å²) < 4.78 is 19.6. The van der Waals surface area contributed by atoms with Gasteiger partial charge in [-0.2, -0.15) is 0 Å². The minimum atomic E-state index is -0.224. The molecule has 0 fully saturated rings. The van der Waals surface area contributed by atoms with Gasteiger partial charge in [-0.15, -0.1) is 0 Å². The minimum Gasteiger partial charge on any atom is -0.494 e. The quantitative estimate of drug-likeness (QED) is 0.860. The van der Waals surface area contributed by atoms with Gasteiger partial charge in [0, 0.05) is 26.1 Å². The first-order valence-electron chi connectivity index (χ1n) is 9.36. The van der Waals surface area contributed by atoms with E-state index in [4.69, 9.17) is 4.74 Å². The van der Waals surface area contributed by atoms with Crippen LogP contribution >= 0.6 is 0 Å². The lowest BCUT2D eigenvalue weighted by atomic mass is 9.92. The van der Waals surface area contributed by atoms with E-state index in [2.05, 4.69) is 41.4 Å². The highest BCUT2D eigenvalue weighted by atomic mass is 19.1. The summed E-state index contributed by atoms with van der Waals surface area (Å²) in [7, 11) is 1.50. The van der Waals surface area contributed by atoms with Gasteiger partial charge in [0.1, 0.15) is 0 Å². The van der Waals surface area contributed by atoms with E-state index in [9.17, 15) is 9.18 Å². The van der Waals surface area contributed by atoms with E-state index < -0.39 is 0 Å². The lowest BCUT2D eigenvalue weighted by Crippen LogP contribution is -2.34. The van der Waals surface area contributed by atoms with Crippen molar-refractivity contribution in [1.82, 2.24) is 10.2 Å². The van der Waals surface area contributed by atoms with Crippen molar-refractivity contribution in [3.63, 3.8) is 0 Å². The summed E-state index contributed by atoms with van der Waals surface area (Å²) in [4.78, 5) is 13.6. The zero-order valence-electron chi connectivity index (χ0n) is 16.4. The Bertz CT molecular complexity index is 820. The number of benzene rings is 2. The molecule has 0 aliphatic carbocycles. The third-order valence-corrected chi connectivity index (χ3v) is 5.40. The molecule has 1 heterocycles. The Hall–Kier alpha value is -2.40. The summed E-state index contributed by atoms with van der Waals surface area (Å²) in [6, 6.07) is 12.2. The number of hydrogen-bond donors (Lipinski definition) is 1. The fourth-order valence-electron chi connectivity index (χ4n) is 3.81. The van der Waals surface area contributed by atoms with Crippen molar-refractivity contribution in [2.24, 2.45) is 0 Å². The summed E-state index contributed by atoms with van der Waals surface area (Å²) >= 11 is 0. The lowest BCUT2D eigenvalue weighted by Gasteiger charge is -2.35. The highest BCUT2D eigenvalue weighted by Crippen LogP contribution is 2.35. The molecule has 1 aliphatic rings. The van der Waals surface area contributed by atoms with Gasteiger partial charge in [0.15, 0.2) is 11.6 Å². The van der Waals surface area contributed by atoms with Crippen LogP contribution in [0.4, 0.5) is 4.39 Å². The van der Waals surface area contributed by atoms with Crippen molar-refractivity contribution in [1.29, 1.82) is 0 Å². The average molecular weight is 370 g/mol. The van der Waals surface area contributed by atoms with Gasteiger partial charge in [-0.1, -0.05) is 30.3 Å². The molecule has 2 aromatic rings. The summed E-state index contributed by atoms with van der Waals surface area (Å²) in [6.07, 6.45) is 0.681. The molecule has 0 saturated carbocycles. The van der Waals surface area contributed by atoms with Crippen LogP contribution in [0.25, 0.3) is 0 Å². The maximum atomic E-state index is 14.5. The monoisotopic (exact) mass is 370 g/mol. The van der Waals surface area contributed by atoms with Crippen molar-refractivity contribution in [3.8, 4) is 5.75 Å². The average Bonchev–Trinajstić information content (AvgIpc) is 2.64. The van der Waals surface area contributed by atoms with Crippen molar-refractivity contribution >= 4 is 5.91 Å². The van der Waals surface area contributed by atoms with Crippen molar-refractivity contribution < 1.29 is 13.9 Å². The molecule has 1 aliphatic heterocycles. The molecule has 0 bridgehead atoms. The summed E-state index contributed by atoms with van der Waals surface area (Å²) in [5, 5.41) is 2.90. The van der Waals surface area contributed by atoms with Gasteiger partial charge in [0.05, 0.1) is 13.2 Å². The standard InChI is InChI=1S/C22H27FN2O2/c1-14(24-16(3)26)18-7-5-17(6-8-18)13-25-12-11-20-19(15(25)2)9-10-21(27-4)22(20)23/h5-10,14-15H,11-13H2,1-4H3,(H,24,26)/t14-,15?/m0/s1. The second-order valence-corrected chi connectivity index (χ2v) is 7.21. The van der Waals surface area contributed by atoms with Crippen molar-refractivity contribution in [2.75, 3.05) is 13.7 Å². The van der Waals surface area contributed by atoms with E-state index in [0.717, 1.165) is 29.8 Å². The van der Waals surface area contributed by atoms with Gasteiger partial charge in [-0.25, -0.2) is 4.39 Å². The third kappa shape index (κ3) is 4.14. The number of halogens is 1. The summed E-state index contributed by atoms with van der Waals surface area (Å²) in [5.74, 6) is 0.0623. The summed E-state index contributed by atoms with van der Waals surface area (Å²) in [6.45, 7) is 7.24. The fraction of sp³-hybridized carbons (Fsp3) is 0.409. The molecule has 1 N–H and O–H groups in total. The second-order valence-electron chi connectivity index (χ2n) is 7.21. The maximum absolute atomic E-state index is 14.5. The molecule has 3 rings (SSSR count). The number of carbonyl (C=O) groups excluding carboxylic acids is 1. The molecule has 27 heavy (non-hydrogen) atoms. The molecule has 0 radical (unpaired) electrons. The lowest BCUT2D eigenvalue weighted by molar-refractivity contribution is -0.119. The molecular weight excluding hydrogens is 343 g/mol. The molecule has 2 atom stereocenters. The number of fused-ring (bicyclic) bond motifs is 1. The molecule has 4 nitrogen and oxygen atoms in total. The Labute approximate surface area is 160 Å². The van der Waals surface area contributed by atoms with E-state index in [1.165, 1.54) is 19.6 Å². The second kappa shape index (κ2) is 8.09. The zero-order valence-corrected chi connectivity index (χ0v) is 16.4. The van der Waals surface area contributed by atoms with E-state index in [1.807, 2.05) is 13.0 Å². The number of ether oxygens (including phenoxy) is 1. The Kier molecular flexibility index (Phi) is 5.80. The predicted octanol–water partition coefficient (Wildman–Crippen LogP) is 4.15. The van der Waals surface area contributed by atoms with Gasteiger partial charge in [-0.3, -0.25) is 9.69 Å². The Morgan fingerprint density at radius 1 is 1.30 bits per heavy atom. The van der Waals surface area contributed by atoms with Crippen LogP contribution in [0.1, 0.15) is 55.1 Å². The SMILES string of the molecule is COc1ccc2c(c1F)CCN(Cc1ccc([C@H](C)NC(C)=O)cc1)C2C. The number of hydrogen-bond acceptors (Lipinski definition) is 3.